The number of H-pyrrole nitrogens is 1. The maximum absolute atomic E-state index is 12.0. The van der Waals surface area contributed by atoms with Crippen molar-refractivity contribution < 1.29 is 4.92 Å². The maximum atomic E-state index is 12.0. The van der Waals surface area contributed by atoms with Crippen LogP contribution in [-0.2, 0) is 0 Å². The lowest BCUT2D eigenvalue weighted by molar-refractivity contribution is -0.384. The zero-order chi connectivity index (χ0) is 17.4. The predicted molar refractivity (Wildman–Crippen MR) is 89.4 cm³/mol. The summed E-state index contributed by atoms with van der Waals surface area (Å²) >= 11 is 0. The fraction of sp³-hybridized carbons (Fsp3) is 0. The Labute approximate surface area is 139 Å². The van der Waals surface area contributed by atoms with Crippen molar-refractivity contribution in [2.45, 2.75) is 0 Å². The summed E-state index contributed by atoms with van der Waals surface area (Å²) in [6, 6.07) is 11.3. The highest BCUT2D eigenvalue weighted by atomic mass is 16.6. The minimum absolute atomic E-state index is 0.0193. The molecule has 25 heavy (non-hydrogen) atoms. The van der Waals surface area contributed by atoms with Crippen LogP contribution >= 0.6 is 0 Å². The van der Waals surface area contributed by atoms with Gasteiger partial charge in [0.15, 0.2) is 5.52 Å². The number of hydrogen-bond acceptors (Lipinski definition) is 6. The van der Waals surface area contributed by atoms with Crippen LogP contribution in [-0.4, -0.2) is 29.9 Å². The molecule has 0 aliphatic carbocycles. The second kappa shape index (κ2) is 5.64. The van der Waals surface area contributed by atoms with Crippen LogP contribution in [0.3, 0.4) is 0 Å². The van der Waals surface area contributed by atoms with Gasteiger partial charge in [-0.15, -0.1) is 0 Å². The summed E-state index contributed by atoms with van der Waals surface area (Å²) < 4.78 is 1.48. The highest BCUT2D eigenvalue weighted by molar-refractivity contribution is 5.90. The van der Waals surface area contributed by atoms with Crippen LogP contribution < -0.4 is 5.56 Å². The van der Waals surface area contributed by atoms with Crippen LogP contribution in [0.2, 0.25) is 0 Å². The van der Waals surface area contributed by atoms with E-state index in [1.54, 1.807) is 36.7 Å². The first-order valence-corrected chi connectivity index (χ1v) is 7.28. The molecule has 0 unspecified atom stereocenters. The van der Waals surface area contributed by atoms with E-state index >= 15 is 0 Å². The molecule has 0 aliphatic rings. The van der Waals surface area contributed by atoms with E-state index in [9.17, 15) is 14.9 Å². The summed E-state index contributed by atoms with van der Waals surface area (Å²) in [5.41, 5.74) is 1.47. The first-order valence-electron chi connectivity index (χ1n) is 7.28. The Balaban J connectivity index is 1.89. The Hall–Kier alpha value is -3.88. The van der Waals surface area contributed by atoms with E-state index in [1.807, 2.05) is 6.07 Å². The van der Waals surface area contributed by atoms with Gasteiger partial charge in [-0.1, -0.05) is 6.07 Å². The number of rotatable bonds is 3. The molecule has 1 aromatic carbocycles. The number of pyridine rings is 1. The Morgan fingerprint density at radius 2 is 1.92 bits per heavy atom. The standard InChI is InChI=1S/C16H10N6O3/c23-16-15-12(14(18-19-16)13-3-1-2-8-17-13)9-21(20-15)10-4-6-11(7-5-10)22(24)25/h1-9H,(H,19,23). The average molecular weight is 334 g/mol. The summed E-state index contributed by atoms with van der Waals surface area (Å²) in [4.78, 5) is 26.6. The number of hydrogen-bond donors (Lipinski definition) is 1. The Bertz CT molecular complexity index is 1130. The molecule has 1 N–H and O–H groups in total. The van der Waals surface area contributed by atoms with Gasteiger partial charge in [-0.2, -0.15) is 10.2 Å². The van der Waals surface area contributed by atoms with E-state index in [2.05, 4.69) is 20.3 Å². The van der Waals surface area contributed by atoms with Gasteiger partial charge in [-0.05, 0) is 24.3 Å². The van der Waals surface area contributed by atoms with Gasteiger partial charge >= 0.3 is 0 Å². The molecule has 0 atom stereocenters. The van der Waals surface area contributed by atoms with Crippen molar-refractivity contribution in [3.8, 4) is 17.1 Å². The van der Waals surface area contributed by atoms with Crippen molar-refractivity contribution in [1.82, 2.24) is 25.0 Å². The molecular weight excluding hydrogens is 324 g/mol. The summed E-state index contributed by atoms with van der Waals surface area (Å²) in [6.07, 6.45) is 3.29. The first-order chi connectivity index (χ1) is 12.1. The van der Waals surface area contributed by atoms with E-state index in [0.717, 1.165) is 0 Å². The second-order valence-electron chi connectivity index (χ2n) is 5.23. The molecule has 0 bridgehead atoms. The second-order valence-corrected chi connectivity index (χ2v) is 5.23. The lowest BCUT2D eigenvalue weighted by atomic mass is 10.2. The molecule has 4 rings (SSSR count). The number of benzene rings is 1. The van der Waals surface area contributed by atoms with Crippen LogP contribution in [0, 0.1) is 10.1 Å². The molecule has 9 nitrogen and oxygen atoms in total. The van der Waals surface area contributed by atoms with Gasteiger partial charge in [-0.3, -0.25) is 19.9 Å². The number of nitrogens with one attached hydrogen (secondary N) is 1. The Kier molecular flexibility index (Phi) is 3.31. The monoisotopic (exact) mass is 334 g/mol. The molecule has 0 fully saturated rings. The summed E-state index contributed by atoms with van der Waals surface area (Å²) in [7, 11) is 0. The Morgan fingerprint density at radius 1 is 1.12 bits per heavy atom. The van der Waals surface area contributed by atoms with Gasteiger partial charge in [-0.25, -0.2) is 9.78 Å². The third kappa shape index (κ3) is 2.53. The van der Waals surface area contributed by atoms with Crippen molar-refractivity contribution in [3.63, 3.8) is 0 Å². The van der Waals surface area contributed by atoms with Crippen molar-refractivity contribution in [3.05, 3.63) is 75.3 Å². The van der Waals surface area contributed by atoms with Crippen LogP contribution in [0.1, 0.15) is 0 Å². The largest absolute Gasteiger partial charge is 0.292 e. The van der Waals surface area contributed by atoms with Crippen molar-refractivity contribution in [1.29, 1.82) is 0 Å². The van der Waals surface area contributed by atoms with Gasteiger partial charge in [0, 0.05) is 24.5 Å². The van der Waals surface area contributed by atoms with Crippen LogP contribution in [0.15, 0.2) is 59.7 Å². The summed E-state index contributed by atoms with van der Waals surface area (Å²) in [6.45, 7) is 0. The predicted octanol–water partition coefficient (Wildman–Crippen LogP) is 2.08. The zero-order valence-electron chi connectivity index (χ0n) is 12.7. The first kappa shape index (κ1) is 14.7. The third-order valence-electron chi connectivity index (χ3n) is 3.69. The van der Waals surface area contributed by atoms with Gasteiger partial charge in [0.25, 0.3) is 11.2 Å². The van der Waals surface area contributed by atoms with E-state index in [-0.39, 0.29) is 11.2 Å². The van der Waals surface area contributed by atoms with Crippen molar-refractivity contribution >= 4 is 16.6 Å². The summed E-state index contributed by atoms with van der Waals surface area (Å²) in [5, 5.41) is 22.1. The minimum Gasteiger partial charge on any atom is -0.265 e. The van der Waals surface area contributed by atoms with E-state index < -0.39 is 10.5 Å². The maximum Gasteiger partial charge on any atom is 0.292 e. The number of aromatic nitrogens is 5. The molecule has 0 radical (unpaired) electrons. The molecule has 3 heterocycles. The van der Waals surface area contributed by atoms with Crippen LogP contribution in [0.5, 0.6) is 0 Å². The van der Waals surface area contributed by atoms with Crippen molar-refractivity contribution in [2.75, 3.05) is 0 Å². The molecule has 9 heteroatoms. The highest BCUT2D eigenvalue weighted by Gasteiger charge is 2.14. The molecule has 4 aromatic rings. The van der Waals surface area contributed by atoms with Gasteiger partial charge in [0.2, 0.25) is 0 Å². The number of non-ortho nitro benzene ring substituents is 1. The molecular formula is C16H10N6O3. The average Bonchev–Trinajstić information content (AvgIpc) is 3.09. The topological polar surface area (TPSA) is 120 Å². The van der Waals surface area contributed by atoms with Gasteiger partial charge in [0.05, 0.1) is 21.7 Å². The number of nitrogens with zero attached hydrogens (tertiary/aromatic N) is 5. The van der Waals surface area contributed by atoms with Crippen LogP contribution in [0.25, 0.3) is 28.0 Å². The molecule has 0 aliphatic heterocycles. The van der Waals surface area contributed by atoms with E-state index in [0.29, 0.717) is 22.5 Å². The molecule has 0 amide bonds. The van der Waals surface area contributed by atoms with Crippen molar-refractivity contribution in [2.24, 2.45) is 0 Å². The molecule has 0 spiro atoms. The number of aromatic amines is 1. The lowest BCUT2D eigenvalue weighted by Gasteiger charge is -2.00. The molecule has 3 aromatic heterocycles. The van der Waals surface area contributed by atoms with E-state index in [4.69, 9.17) is 0 Å². The normalized spacial score (nSPS) is 10.9. The number of nitro groups is 1. The van der Waals surface area contributed by atoms with E-state index in [1.165, 1.54) is 16.8 Å². The fourth-order valence-electron chi connectivity index (χ4n) is 2.49. The quantitative estimate of drug-likeness (QED) is 0.452. The number of nitro benzene ring substituents is 1. The molecule has 0 saturated carbocycles. The highest BCUT2D eigenvalue weighted by Crippen LogP contribution is 2.23. The number of fused-ring (bicyclic) bond motifs is 1. The molecule has 122 valence electrons. The van der Waals surface area contributed by atoms with Gasteiger partial charge < -0.3 is 0 Å². The molecule has 0 saturated heterocycles. The minimum atomic E-state index is -0.475. The Morgan fingerprint density at radius 3 is 2.60 bits per heavy atom. The third-order valence-corrected chi connectivity index (χ3v) is 3.69. The van der Waals surface area contributed by atoms with Gasteiger partial charge in [0.1, 0.15) is 5.69 Å². The van der Waals surface area contributed by atoms with Crippen LogP contribution in [0.4, 0.5) is 5.69 Å². The fourth-order valence-corrected chi connectivity index (χ4v) is 2.49. The zero-order valence-corrected chi connectivity index (χ0v) is 12.7. The SMILES string of the molecule is O=c1[nH]nc(-c2ccccn2)c2cn(-c3ccc([N+](=O)[O-])cc3)nc12. The summed E-state index contributed by atoms with van der Waals surface area (Å²) in [5.74, 6) is 0. The smallest absolute Gasteiger partial charge is 0.265 e. The lowest BCUT2D eigenvalue weighted by Crippen LogP contribution is -2.09.